The molecule has 1 unspecified atom stereocenters. The molecule has 0 saturated heterocycles. The number of benzene rings is 4. The minimum Gasteiger partial charge on any atom is -0.497 e. The van der Waals surface area contributed by atoms with Gasteiger partial charge in [-0.1, -0.05) is 42.5 Å². The molecule has 10 nitrogen and oxygen atoms in total. The van der Waals surface area contributed by atoms with Crippen molar-refractivity contribution in [2.24, 2.45) is 0 Å². The molecule has 222 valence electrons. The van der Waals surface area contributed by atoms with Gasteiger partial charge in [-0.25, -0.2) is 0 Å². The molecule has 0 spiro atoms. The summed E-state index contributed by atoms with van der Waals surface area (Å²) in [6.45, 7) is 1.57. The Bertz CT molecular complexity index is 1770. The summed E-state index contributed by atoms with van der Waals surface area (Å²) in [6, 6.07) is 24.9. The Labute approximate surface area is 253 Å². The van der Waals surface area contributed by atoms with Crippen molar-refractivity contribution >= 4 is 34.9 Å². The van der Waals surface area contributed by atoms with Crippen LogP contribution >= 0.6 is 0 Å². The SMILES string of the molecule is COc1ccc(NC(=O)C(c2ccc3c(c2)OCO3)N(Cc2ccccc2C)C(=O)CN2C(=O)C(=O)c3ccccc32)cc1. The molecule has 4 aromatic carbocycles. The summed E-state index contributed by atoms with van der Waals surface area (Å²) in [5.41, 5.74) is 3.30. The monoisotopic (exact) mass is 591 g/mol. The van der Waals surface area contributed by atoms with E-state index in [4.69, 9.17) is 14.2 Å². The van der Waals surface area contributed by atoms with Crippen molar-refractivity contribution in [2.45, 2.75) is 19.5 Å². The molecule has 0 aromatic heterocycles. The fourth-order valence-corrected chi connectivity index (χ4v) is 5.37. The van der Waals surface area contributed by atoms with Gasteiger partial charge in [0.05, 0.1) is 18.4 Å². The van der Waals surface area contributed by atoms with Crippen LogP contribution < -0.4 is 24.4 Å². The molecule has 2 heterocycles. The van der Waals surface area contributed by atoms with Gasteiger partial charge < -0.3 is 24.4 Å². The maximum atomic E-state index is 14.3. The molecular weight excluding hydrogens is 562 g/mol. The Kier molecular flexibility index (Phi) is 7.72. The average Bonchev–Trinajstić information content (AvgIpc) is 3.60. The number of rotatable bonds is 9. The number of aryl methyl sites for hydroxylation is 1. The minimum atomic E-state index is -1.15. The van der Waals surface area contributed by atoms with Crippen LogP contribution in [-0.2, 0) is 20.9 Å². The van der Waals surface area contributed by atoms with Crippen LogP contribution in [0, 0.1) is 6.92 Å². The van der Waals surface area contributed by atoms with E-state index in [-0.39, 0.29) is 18.9 Å². The highest BCUT2D eigenvalue weighted by Crippen LogP contribution is 2.37. The predicted octanol–water partition coefficient (Wildman–Crippen LogP) is 4.67. The first kappa shape index (κ1) is 28.5. The normalized spacial score (nSPS) is 13.8. The van der Waals surface area contributed by atoms with Crippen LogP contribution in [0.25, 0.3) is 0 Å². The fraction of sp³-hybridized carbons (Fsp3) is 0.176. The number of hydrogen-bond donors (Lipinski definition) is 1. The first-order valence-corrected chi connectivity index (χ1v) is 14.0. The zero-order chi connectivity index (χ0) is 30.8. The summed E-state index contributed by atoms with van der Waals surface area (Å²) in [5, 5.41) is 2.93. The predicted molar refractivity (Wildman–Crippen MR) is 162 cm³/mol. The molecule has 2 aliphatic rings. The molecular formula is C34H29N3O7. The van der Waals surface area contributed by atoms with Crippen LogP contribution in [0.4, 0.5) is 11.4 Å². The number of nitrogens with zero attached hydrogens (tertiary/aromatic N) is 2. The third kappa shape index (κ3) is 5.45. The van der Waals surface area contributed by atoms with E-state index in [9.17, 15) is 19.2 Å². The zero-order valence-corrected chi connectivity index (χ0v) is 24.1. The molecule has 0 radical (unpaired) electrons. The van der Waals surface area contributed by atoms with Gasteiger partial charge in [-0.05, 0) is 72.1 Å². The Morgan fingerprint density at radius 1 is 0.932 bits per heavy atom. The number of carbonyl (C=O) groups excluding carboxylic acids is 4. The van der Waals surface area contributed by atoms with Crippen molar-refractivity contribution in [1.29, 1.82) is 0 Å². The first-order chi connectivity index (χ1) is 21.3. The molecule has 1 atom stereocenters. The van der Waals surface area contributed by atoms with Gasteiger partial charge in [-0.15, -0.1) is 0 Å². The van der Waals surface area contributed by atoms with Crippen molar-refractivity contribution < 1.29 is 33.4 Å². The second kappa shape index (κ2) is 11.9. The largest absolute Gasteiger partial charge is 0.497 e. The Hall–Kier alpha value is -5.64. The summed E-state index contributed by atoms with van der Waals surface area (Å²) in [4.78, 5) is 56.8. The lowest BCUT2D eigenvalue weighted by Gasteiger charge is -2.33. The number of amides is 3. The molecule has 10 heteroatoms. The number of anilines is 2. The number of ether oxygens (including phenoxy) is 3. The van der Waals surface area contributed by atoms with Gasteiger partial charge in [0.25, 0.3) is 17.6 Å². The molecule has 44 heavy (non-hydrogen) atoms. The lowest BCUT2D eigenvalue weighted by molar-refractivity contribution is -0.139. The van der Waals surface area contributed by atoms with Crippen LogP contribution in [0.5, 0.6) is 17.2 Å². The molecule has 2 aliphatic heterocycles. The highest BCUT2D eigenvalue weighted by molar-refractivity contribution is 6.52. The van der Waals surface area contributed by atoms with Gasteiger partial charge in [-0.3, -0.25) is 24.1 Å². The number of ketones is 1. The second-order valence-electron chi connectivity index (χ2n) is 10.4. The van der Waals surface area contributed by atoms with Crippen molar-refractivity contribution in [3.05, 3.63) is 113 Å². The smallest absolute Gasteiger partial charge is 0.299 e. The number of nitrogens with one attached hydrogen (secondary N) is 1. The highest BCUT2D eigenvalue weighted by atomic mass is 16.7. The first-order valence-electron chi connectivity index (χ1n) is 14.0. The van der Waals surface area contributed by atoms with Gasteiger partial charge >= 0.3 is 0 Å². The molecule has 0 saturated carbocycles. The molecule has 1 N–H and O–H groups in total. The van der Waals surface area contributed by atoms with Crippen molar-refractivity contribution in [3.8, 4) is 17.2 Å². The van der Waals surface area contributed by atoms with Gasteiger partial charge in [0.15, 0.2) is 11.5 Å². The number of carbonyl (C=O) groups is 4. The van der Waals surface area contributed by atoms with E-state index in [2.05, 4.69) is 5.32 Å². The zero-order valence-electron chi connectivity index (χ0n) is 24.1. The molecule has 0 bridgehead atoms. The maximum absolute atomic E-state index is 14.3. The number of fused-ring (bicyclic) bond motifs is 2. The van der Waals surface area contributed by atoms with Crippen LogP contribution in [0.2, 0.25) is 0 Å². The third-order valence-electron chi connectivity index (χ3n) is 7.72. The van der Waals surface area contributed by atoms with E-state index in [1.54, 1.807) is 73.8 Å². The molecule has 3 amide bonds. The Morgan fingerprint density at radius 2 is 1.66 bits per heavy atom. The second-order valence-corrected chi connectivity index (χ2v) is 10.4. The topological polar surface area (TPSA) is 114 Å². The maximum Gasteiger partial charge on any atom is 0.299 e. The van der Waals surface area contributed by atoms with Crippen molar-refractivity contribution in [3.63, 3.8) is 0 Å². The van der Waals surface area contributed by atoms with E-state index >= 15 is 0 Å². The van der Waals surface area contributed by atoms with Gasteiger partial charge in [0.1, 0.15) is 18.3 Å². The van der Waals surface area contributed by atoms with E-state index < -0.39 is 36.1 Å². The number of hydrogen-bond acceptors (Lipinski definition) is 7. The number of para-hydroxylation sites is 1. The van der Waals surface area contributed by atoms with Crippen LogP contribution in [0.15, 0.2) is 91.0 Å². The van der Waals surface area contributed by atoms with Gasteiger partial charge in [0.2, 0.25) is 12.7 Å². The molecule has 6 rings (SSSR count). The fourth-order valence-electron chi connectivity index (χ4n) is 5.37. The Balaban J connectivity index is 1.41. The lowest BCUT2D eigenvalue weighted by Crippen LogP contribution is -2.46. The van der Waals surface area contributed by atoms with Crippen molar-refractivity contribution in [1.82, 2.24) is 4.90 Å². The van der Waals surface area contributed by atoms with Crippen LogP contribution in [0.1, 0.15) is 33.1 Å². The standard InChI is InChI=1S/C34H29N3O7/c1-21-7-3-4-8-23(21)18-37(30(38)19-36-27-10-6-5-9-26(27)32(39)34(36)41)31(22-11-16-28-29(17-22)44-20-43-28)33(40)35-24-12-14-25(42-2)15-13-24/h3-17,31H,18-20H2,1-2H3,(H,35,40). The summed E-state index contributed by atoms with van der Waals surface area (Å²) >= 11 is 0. The highest BCUT2D eigenvalue weighted by Gasteiger charge is 2.40. The average molecular weight is 592 g/mol. The van der Waals surface area contributed by atoms with Gasteiger partial charge in [0, 0.05) is 12.2 Å². The van der Waals surface area contributed by atoms with E-state index in [0.717, 1.165) is 11.1 Å². The third-order valence-corrected chi connectivity index (χ3v) is 7.72. The Morgan fingerprint density at radius 3 is 2.43 bits per heavy atom. The minimum absolute atomic E-state index is 0.0395. The number of methoxy groups -OCH3 is 1. The van der Waals surface area contributed by atoms with E-state index in [0.29, 0.717) is 34.2 Å². The molecule has 0 aliphatic carbocycles. The van der Waals surface area contributed by atoms with Crippen molar-refractivity contribution in [2.75, 3.05) is 30.7 Å². The molecule has 0 fully saturated rings. The van der Waals surface area contributed by atoms with Crippen LogP contribution in [-0.4, -0.2) is 48.9 Å². The summed E-state index contributed by atoms with van der Waals surface area (Å²) in [5.74, 6) is -0.892. The number of Topliss-reactive ketones (excluding diaryl/α,β-unsaturated/α-hetero) is 1. The lowest BCUT2D eigenvalue weighted by atomic mass is 10.0. The van der Waals surface area contributed by atoms with Gasteiger partial charge in [-0.2, -0.15) is 0 Å². The van der Waals surface area contributed by atoms with E-state index in [1.807, 2.05) is 31.2 Å². The summed E-state index contributed by atoms with van der Waals surface area (Å²) < 4.78 is 16.3. The molecule has 4 aromatic rings. The quantitative estimate of drug-likeness (QED) is 0.282. The van der Waals surface area contributed by atoms with Crippen LogP contribution in [0.3, 0.4) is 0 Å². The van der Waals surface area contributed by atoms with E-state index in [1.165, 1.54) is 9.80 Å². The summed E-state index contributed by atoms with van der Waals surface area (Å²) in [7, 11) is 1.55. The summed E-state index contributed by atoms with van der Waals surface area (Å²) in [6.07, 6.45) is 0.